The van der Waals surface area contributed by atoms with Gasteiger partial charge in [-0.05, 0) is 30.2 Å². The van der Waals surface area contributed by atoms with E-state index in [1.165, 1.54) is 5.56 Å². The van der Waals surface area contributed by atoms with Gasteiger partial charge < -0.3 is 14.0 Å². The van der Waals surface area contributed by atoms with Crippen LogP contribution in [0.5, 0.6) is 11.5 Å². The van der Waals surface area contributed by atoms with Crippen LogP contribution in [0.2, 0.25) is 0 Å². The molecule has 0 unspecified atom stereocenters. The van der Waals surface area contributed by atoms with E-state index < -0.39 is 0 Å². The molecule has 0 N–H and O–H groups in total. The fourth-order valence-electron chi connectivity index (χ4n) is 3.04. The molecule has 0 saturated carbocycles. The van der Waals surface area contributed by atoms with E-state index >= 15 is 0 Å². The summed E-state index contributed by atoms with van der Waals surface area (Å²) in [5.41, 5.74) is 4.24. The fraction of sp³-hybridized carbons (Fsp3) is 0.190. The SMILES string of the molecule is CCc1ccc(-c2csc(Cc3nc(-c4ccc5c(c4)OCO5)no3)n2)cc1. The highest BCUT2D eigenvalue weighted by atomic mass is 32.1. The molecule has 0 atom stereocenters. The maximum Gasteiger partial charge on any atom is 0.233 e. The molecule has 0 fully saturated rings. The summed E-state index contributed by atoms with van der Waals surface area (Å²) in [6.07, 6.45) is 1.54. The topological polar surface area (TPSA) is 70.3 Å². The van der Waals surface area contributed by atoms with Crippen molar-refractivity contribution in [3.8, 4) is 34.1 Å². The molecule has 1 aliphatic rings. The summed E-state index contributed by atoms with van der Waals surface area (Å²) in [4.78, 5) is 9.21. The molecule has 3 heterocycles. The van der Waals surface area contributed by atoms with Crippen molar-refractivity contribution in [3.63, 3.8) is 0 Å². The predicted molar refractivity (Wildman–Crippen MR) is 106 cm³/mol. The number of aromatic nitrogens is 3. The van der Waals surface area contributed by atoms with Gasteiger partial charge in [0.1, 0.15) is 5.01 Å². The Morgan fingerprint density at radius 2 is 1.79 bits per heavy atom. The highest BCUT2D eigenvalue weighted by molar-refractivity contribution is 7.10. The van der Waals surface area contributed by atoms with Crippen LogP contribution in [0.15, 0.2) is 52.4 Å². The Balaban J connectivity index is 1.33. The Morgan fingerprint density at radius 3 is 2.64 bits per heavy atom. The second-order valence-corrected chi connectivity index (χ2v) is 7.38. The first kappa shape index (κ1) is 16.9. The van der Waals surface area contributed by atoms with Gasteiger partial charge in [-0.2, -0.15) is 4.98 Å². The molecule has 2 aromatic heterocycles. The molecule has 0 saturated heterocycles. The molecule has 4 aromatic rings. The Kier molecular flexibility index (Phi) is 4.29. The predicted octanol–water partition coefficient (Wildman–Crippen LogP) is 4.74. The first-order valence-corrected chi connectivity index (χ1v) is 9.93. The minimum atomic E-state index is 0.240. The molecule has 140 valence electrons. The molecule has 0 amide bonds. The summed E-state index contributed by atoms with van der Waals surface area (Å²) in [6.45, 7) is 2.39. The molecule has 1 aliphatic heterocycles. The zero-order chi connectivity index (χ0) is 18.9. The number of rotatable bonds is 5. The van der Waals surface area contributed by atoms with Crippen LogP contribution in [-0.2, 0) is 12.8 Å². The van der Waals surface area contributed by atoms with Gasteiger partial charge in [-0.25, -0.2) is 4.98 Å². The van der Waals surface area contributed by atoms with Crippen LogP contribution >= 0.6 is 11.3 Å². The van der Waals surface area contributed by atoms with E-state index in [2.05, 4.69) is 46.7 Å². The number of fused-ring (bicyclic) bond motifs is 1. The molecule has 6 nitrogen and oxygen atoms in total. The Hall–Kier alpha value is -3.19. The summed E-state index contributed by atoms with van der Waals surface area (Å²) < 4.78 is 16.2. The minimum Gasteiger partial charge on any atom is -0.454 e. The second kappa shape index (κ2) is 7.09. The lowest BCUT2D eigenvalue weighted by Gasteiger charge is -1.99. The second-order valence-electron chi connectivity index (χ2n) is 6.43. The Morgan fingerprint density at radius 1 is 0.964 bits per heavy atom. The van der Waals surface area contributed by atoms with Crippen LogP contribution in [0.25, 0.3) is 22.6 Å². The highest BCUT2D eigenvalue weighted by Gasteiger charge is 2.17. The summed E-state index contributed by atoms with van der Waals surface area (Å²) >= 11 is 1.60. The van der Waals surface area contributed by atoms with E-state index in [-0.39, 0.29) is 6.79 Å². The van der Waals surface area contributed by atoms with Gasteiger partial charge in [0.15, 0.2) is 11.5 Å². The lowest BCUT2D eigenvalue weighted by atomic mass is 10.1. The highest BCUT2D eigenvalue weighted by Crippen LogP contribution is 2.35. The van der Waals surface area contributed by atoms with Gasteiger partial charge >= 0.3 is 0 Å². The summed E-state index contributed by atoms with van der Waals surface area (Å²) in [7, 11) is 0. The molecular formula is C21H17N3O3S. The lowest BCUT2D eigenvalue weighted by Crippen LogP contribution is -1.92. The van der Waals surface area contributed by atoms with E-state index in [0.29, 0.717) is 23.9 Å². The first-order chi connectivity index (χ1) is 13.8. The number of nitrogens with zero attached hydrogens (tertiary/aromatic N) is 3. The average molecular weight is 391 g/mol. The third kappa shape index (κ3) is 3.25. The van der Waals surface area contributed by atoms with E-state index in [4.69, 9.17) is 19.0 Å². The van der Waals surface area contributed by atoms with Gasteiger partial charge in [0.25, 0.3) is 0 Å². The number of benzene rings is 2. The summed E-state index contributed by atoms with van der Waals surface area (Å²) in [5, 5.41) is 7.09. The van der Waals surface area contributed by atoms with Gasteiger partial charge in [-0.1, -0.05) is 36.3 Å². The largest absolute Gasteiger partial charge is 0.454 e. The third-order valence-corrected chi connectivity index (χ3v) is 5.46. The average Bonchev–Trinajstić information content (AvgIpc) is 3.48. The summed E-state index contributed by atoms with van der Waals surface area (Å²) in [5.74, 6) is 2.49. The van der Waals surface area contributed by atoms with Gasteiger partial charge in [0.2, 0.25) is 18.5 Å². The van der Waals surface area contributed by atoms with Crippen LogP contribution in [0.1, 0.15) is 23.4 Å². The zero-order valence-electron chi connectivity index (χ0n) is 15.2. The number of hydrogen-bond donors (Lipinski definition) is 0. The fourth-order valence-corrected chi connectivity index (χ4v) is 3.84. The third-order valence-electron chi connectivity index (χ3n) is 4.61. The molecule has 0 aliphatic carbocycles. The van der Waals surface area contributed by atoms with Gasteiger partial charge in [-0.3, -0.25) is 0 Å². The number of ether oxygens (including phenoxy) is 2. The van der Waals surface area contributed by atoms with Crippen LogP contribution in [-0.4, -0.2) is 21.9 Å². The zero-order valence-corrected chi connectivity index (χ0v) is 16.0. The van der Waals surface area contributed by atoms with Gasteiger partial charge in [0, 0.05) is 16.5 Å². The van der Waals surface area contributed by atoms with Crippen molar-refractivity contribution >= 4 is 11.3 Å². The van der Waals surface area contributed by atoms with Crippen molar-refractivity contribution in [1.82, 2.24) is 15.1 Å². The molecule has 28 heavy (non-hydrogen) atoms. The minimum absolute atomic E-state index is 0.240. The van der Waals surface area contributed by atoms with Gasteiger partial charge in [-0.15, -0.1) is 11.3 Å². The van der Waals surface area contributed by atoms with E-state index in [1.807, 2.05) is 18.2 Å². The number of thiazole rings is 1. The first-order valence-electron chi connectivity index (χ1n) is 9.05. The Labute approximate surface area is 165 Å². The van der Waals surface area contributed by atoms with Crippen LogP contribution in [0.3, 0.4) is 0 Å². The van der Waals surface area contributed by atoms with Crippen molar-refractivity contribution in [1.29, 1.82) is 0 Å². The molecule has 0 radical (unpaired) electrons. The van der Waals surface area contributed by atoms with Crippen molar-refractivity contribution < 1.29 is 14.0 Å². The van der Waals surface area contributed by atoms with E-state index in [9.17, 15) is 0 Å². The smallest absolute Gasteiger partial charge is 0.233 e. The van der Waals surface area contributed by atoms with Crippen molar-refractivity contribution in [2.45, 2.75) is 19.8 Å². The molecule has 7 heteroatoms. The number of aryl methyl sites for hydroxylation is 1. The monoisotopic (exact) mass is 391 g/mol. The van der Waals surface area contributed by atoms with Crippen LogP contribution in [0, 0.1) is 0 Å². The molecule has 5 rings (SSSR count). The summed E-state index contributed by atoms with van der Waals surface area (Å²) in [6, 6.07) is 14.1. The van der Waals surface area contributed by atoms with E-state index in [0.717, 1.165) is 34.0 Å². The van der Waals surface area contributed by atoms with Crippen molar-refractivity contribution in [2.75, 3.05) is 6.79 Å². The van der Waals surface area contributed by atoms with E-state index in [1.54, 1.807) is 11.3 Å². The Bertz CT molecular complexity index is 1120. The van der Waals surface area contributed by atoms with Crippen LogP contribution < -0.4 is 9.47 Å². The van der Waals surface area contributed by atoms with Crippen molar-refractivity contribution in [3.05, 3.63) is 64.3 Å². The number of hydrogen-bond acceptors (Lipinski definition) is 7. The molecule has 0 bridgehead atoms. The standard InChI is InChI=1S/C21H17N3O3S/c1-2-13-3-5-14(6-4-13)16-11-28-20(22-16)10-19-23-21(24-27-19)15-7-8-17-18(9-15)26-12-25-17/h3-9,11H,2,10,12H2,1H3. The lowest BCUT2D eigenvalue weighted by molar-refractivity contribution is 0.174. The maximum absolute atomic E-state index is 5.42. The maximum atomic E-state index is 5.42. The van der Waals surface area contributed by atoms with Gasteiger partial charge in [0.05, 0.1) is 12.1 Å². The molecular weight excluding hydrogens is 374 g/mol. The molecule has 0 spiro atoms. The normalized spacial score (nSPS) is 12.5. The van der Waals surface area contributed by atoms with Crippen molar-refractivity contribution in [2.24, 2.45) is 0 Å². The van der Waals surface area contributed by atoms with Crippen LogP contribution in [0.4, 0.5) is 0 Å². The molecule has 2 aromatic carbocycles. The quantitative estimate of drug-likeness (QED) is 0.489.